The lowest BCUT2D eigenvalue weighted by atomic mass is 9.95. The summed E-state index contributed by atoms with van der Waals surface area (Å²) in [5.41, 5.74) is 10.1. The number of halogens is 2. The molecule has 0 aliphatic rings. The van der Waals surface area contributed by atoms with Crippen LogP contribution in [-0.2, 0) is 24.1 Å². The summed E-state index contributed by atoms with van der Waals surface area (Å²) in [6.45, 7) is 0. The monoisotopic (exact) mass is 303 g/mol. The van der Waals surface area contributed by atoms with Gasteiger partial charge < -0.3 is 10.8 Å². The lowest BCUT2D eigenvalue weighted by Gasteiger charge is -2.15. The van der Waals surface area contributed by atoms with Gasteiger partial charge in [-0.15, -0.1) is 23.2 Å². The molecule has 0 fully saturated rings. The van der Waals surface area contributed by atoms with Gasteiger partial charge in [-0.1, -0.05) is 12.1 Å². The van der Waals surface area contributed by atoms with Crippen LogP contribution in [0.2, 0.25) is 0 Å². The first-order valence-corrected chi connectivity index (χ1v) is 7.39. The van der Waals surface area contributed by atoms with Crippen molar-refractivity contribution in [1.29, 1.82) is 0 Å². The summed E-state index contributed by atoms with van der Waals surface area (Å²) < 4.78 is 0. The van der Waals surface area contributed by atoms with Gasteiger partial charge in [0.25, 0.3) is 0 Å². The van der Waals surface area contributed by atoms with E-state index in [4.69, 9.17) is 34.0 Å². The third-order valence-electron chi connectivity index (χ3n) is 3.09. The third-order valence-corrected chi connectivity index (χ3v) is 3.47. The normalized spacial score (nSPS) is 10.6. The minimum absolute atomic E-state index is 0.160. The predicted octanol–water partition coefficient (Wildman–Crippen LogP) is 3.24. The van der Waals surface area contributed by atoms with Gasteiger partial charge in [0.05, 0.1) is 0 Å². The second-order valence-electron chi connectivity index (χ2n) is 4.40. The van der Waals surface area contributed by atoms with Crippen molar-refractivity contribution in [3.8, 4) is 0 Å². The van der Waals surface area contributed by atoms with Crippen molar-refractivity contribution >= 4 is 34.9 Å². The molecule has 0 unspecified atom stereocenters. The predicted molar refractivity (Wildman–Crippen MR) is 80.3 cm³/mol. The van der Waals surface area contributed by atoms with Crippen molar-refractivity contribution in [2.45, 2.75) is 32.1 Å². The minimum atomic E-state index is -0.779. The van der Waals surface area contributed by atoms with Crippen LogP contribution in [0.15, 0.2) is 12.1 Å². The zero-order valence-corrected chi connectivity index (χ0v) is 12.3. The molecule has 5 heteroatoms. The Hall–Kier alpha value is -0.930. The molecule has 0 saturated heterocycles. The Labute approximate surface area is 123 Å². The number of carboxylic acids is 1. The summed E-state index contributed by atoms with van der Waals surface area (Å²) in [5.74, 6) is 0.281. The standard InChI is InChI=1S/C14H19Cl2NO2/c15-8-6-10-4-5-11(2-1-3-13(18)19)14(17)12(10)7-9-16/h4-5H,1-3,6-9,17H2,(H,18,19). The van der Waals surface area contributed by atoms with Crippen LogP contribution in [0.25, 0.3) is 0 Å². The maximum atomic E-state index is 10.5. The molecule has 1 rings (SSSR count). The van der Waals surface area contributed by atoms with E-state index in [1.54, 1.807) is 0 Å². The molecule has 0 aromatic heterocycles. The van der Waals surface area contributed by atoms with Crippen LogP contribution in [0.5, 0.6) is 0 Å². The van der Waals surface area contributed by atoms with Crippen LogP contribution in [0.1, 0.15) is 29.5 Å². The molecule has 0 spiro atoms. The summed E-state index contributed by atoms with van der Waals surface area (Å²) in [7, 11) is 0. The molecule has 1 aromatic rings. The van der Waals surface area contributed by atoms with Gasteiger partial charge in [-0.3, -0.25) is 4.79 Å². The number of hydrogen-bond donors (Lipinski definition) is 2. The number of anilines is 1. The lowest BCUT2D eigenvalue weighted by Crippen LogP contribution is -2.06. The van der Waals surface area contributed by atoms with E-state index in [1.165, 1.54) is 0 Å². The van der Waals surface area contributed by atoms with Crippen LogP contribution in [-0.4, -0.2) is 22.8 Å². The van der Waals surface area contributed by atoms with Crippen LogP contribution in [0.4, 0.5) is 5.69 Å². The Morgan fingerprint density at radius 3 is 2.32 bits per heavy atom. The molecular weight excluding hydrogens is 285 g/mol. The number of aryl methyl sites for hydroxylation is 2. The number of hydrogen-bond acceptors (Lipinski definition) is 2. The Morgan fingerprint density at radius 1 is 1.11 bits per heavy atom. The maximum absolute atomic E-state index is 10.5. The van der Waals surface area contributed by atoms with Crippen molar-refractivity contribution in [2.24, 2.45) is 0 Å². The van der Waals surface area contributed by atoms with Crippen molar-refractivity contribution in [3.63, 3.8) is 0 Å². The lowest BCUT2D eigenvalue weighted by molar-refractivity contribution is -0.137. The first-order chi connectivity index (χ1) is 9.10. The average Bonchev–Trinajstić information content (AvgIpc) is 2.36. The molecule has 0 aliphatic carbocycles. The molecule has 0 saturated carbocycles. The summed E-state index contributed by atoms with van der Waals surface area (Å²) in [6, 6.07) is 3.99. The van der Waals surface area contributed by atoms with Crippen LogP contribution in [0, 0.1) is 0 Å². The highest BCUT2D eigenvalue weighted by Crippen LogP contribution is 2.25. The number of carboxylic acid groups (broad SMARTS) is 1. The molecule has 0 aliphatic heterocycles. The number of nitrogen functional groups attached to an aromatic ring is 1. The summed E-state index contributed by atoms with van der Waals surface area (Å²) >= 11 is 11.6. The minimum Gasteiger partial charge on any atom is -0.481 e. The number of alkyl halides is 2. The number of nitrogens with two attached hydrogens (primary N) is 1. The van der Waals surface area contributed by atoms with Crippen molar-refractivity contribution in [1.82, 2.24) is 0 Å². The zero-order valence-electron chi connectivity index (χ0n) is 10.8. The van der Waals surface area contributed by atoms with E-state index in [1.807, 2.05) is 12.1 Å². The Morgan fingerprint density at radius 2 is 1.74 bits per heavy atom. The smallest absolute Gasteiger partial charge is 0.303 e. The number of benzene rings is 1. The van der Waals surface area contributed by atoms with Crippen molar-refractivity contribution < 1.29 is 9.90 Å². The molecule has 0 heterocycles. The van der Waals surface area contributed by atoms with Gasteiger partial charge in [0.1, 0.15) is 0 Å². The van der Waals surface area contributed by atoms with Gasteiger partial charge in [0.2, 0.25) is 0 Å². The maximum Gasteiger partial charge on any atom is 0.303 e. The molecule has 0 amide bonds. The molecule has 3 nitrogen and oxygen atoms in total. The van der Waals surface area contributed by atoms with Crippen molar-refractivity contribution in [2.75, 3.05) is 17.5 Å². The quantitative estimate of drug-likeness (QED) is 0.572. The van der Waals surface area contributed by atoms with Gasteiger partial charge in [0, 0.05) is 23.9 Å². The van der Waals surface area contributed by atoms with Gasteiger partial charge >= 0.3 is 5.97 Å². The van der Waals surface area contributed by atoms with E-state index in [2.05, 4.69) is 0 Å². The molecule has 0 atom stereocenters. The molecule has 0 bridgehead atoms. The molecular formula is C14H19Cl2NO2. The van der Waals surface area contributed by atoms with Gasteiger partial charge in [-0.2, -0.15) is 0 Å². The first kappa shape index (κ1) is 16.1. The Bertz CT molecular complexity index is 436. The van der Waals surface area contributed by atoms with E-state index in [0.717, 1.165) is 28.8 Å². The van der Waals surface area contributed by atoms with Crippen LogP contribution in [0.3, 0.4) is 0 Å². The Balaban J connectivity index is 2.88. The number of aliphatic carboxylic acids is 1. The van der Waals surface area contributed by atoms with Gasteiger partial charge in [-0.05, 0) is 42.4 Å². The molecule has 3 N–H and O–H groups in total. The fraction of sp³-hybridized carbons (Fsp3) is 0.500. The van der Waals surface area contributed by atoms with E-state index in [0.29, 0.717) is 31.0 Å². The molecule has 106 valence electrons. The Kier molecular flexibility index (Phi) is 7.03. The average molecular weight is 304 g/mol. The highest BCUT2D eigenvalue weighted by Gasteiger charge is 2.10. The SMILES string of the molecule is Nc1c(CCCC(=O)O)ccc(CCCl)c1CCCl. The third kappa shape index (κ3) is 4.92. The highest BCUT2D eigenvalue weighted by atomic mass is 35.5. The van der Waals surface area contributed by atoms with Crippen LogP contribution < -0.4 is 5.73 Å². The van der Waals surface area contributed by atoms with E-state index in [9.17, 15) is 4.79 Å². The largest absolute Gasteiger partial charge is 0.481 e. The van der Waals surface area contributed by atoms with Gasteiger partial charge in [-0.25, -0.2) is 0 Å². The van der Waals surface area contributed by atoms with Crippen LogP contribution >= 0.6 is 23.2 Å². The van der Waals surface area contributed by atoms with Gasteiger partial charge in [0.15, 0.2) is 0 Å². The fourth-order valence-corrected chi connectivity index (χ4v) is 2.52. The highest BCUT2D eigenvalue weighted by molar-refractivity contribution is 6.18. The zero-order chi connectivity index (χ0) is 14.3. The molecule has 0 radical (unpaired) electrons. The molecule has 19 heavy (non-hydrogen) atoms. The second-order valence-corrected chi connectivity index (χ2v) is 5.16. The summed E-state index contributed by atoms with van der Waals surface area (Å²) in [4.78, 5) is 10.5. The first-order valence-electron chi connectivity index (χ1n) is 6.33. The number of carbonyl (C=O) groups is 1. The molecule has 1 aromatic carbocycles. The van der Waals surface area contributed by atoms with E-state index >= 15 is 0 Å². The topological polar surface area (TPSA) is 63.3 Å². The second kappa shape index (κ2) is 8.28. The summed E-state index contributed by atoms with van der Waals surface area (Å²) in [6.07, 6.45) is 2.91. The number of rotatable bonds is 8. The van der Waals surface area contributed by atoms with E-state index in [-0.39, 0.29) is 6.42 Å². The van der Waals surface area contributed by atoms with E-state index < -0.39 is 5.97 Å². The fourth-order valence-electron chi connectivity index (χ4n) is 2.13. The van der Waals surface area contributed by atoms with Crippen molar-refractivity contribution in [3.05, 3.63) is 28.8 Å². The summed E-state index contributed by atoms with van der Waals surface area (Å²) in [5, 5.41) is 8.65.